The Hall–Kier alpha value is -1.68. The van der Waals surface area contributed by atoms with Crippen LogP contribution in [-0.2, 0) is 23.9 Å². The third kappa shape index (κ3) is 2.90. The Balaban J connectivity index is 2.51. The number of nitrogens with zero attached hydrogens (tertiary/aromatic N) is 2. The molecule has 7 heteroatoms. The first-order valence-electron chi connectivity index (χ1n) is 5.87. The van der Waals surface area contributed by atoms with Gasteiger partial charge in [0.2, 0.25) is 5.91 Å². The molecule has 0 N–H and O–H groups in total. The summed E-state index contributed by atoms with van der Waals surface area (Å²) in [5.74, 6) is -0.164. The number of benzene rings is 1. The van der Waals surface area contributed by atoms with Crippen LogP contribution in [0, 0.1) is 10.7 Å². The summed E-state index contributed by atoms with van der Waals surface area (Å²) in [5.41, 5.74) is 0.00673. The molecule has 0 fully saturated rings. The SMILES string of the molecule is CC(=O)N1CCc2c(cc(SC#N)cc2C(F)(F)F)C1. The summed E-state index contributed by atoms with van der Waals surface area (Å²) >= 11 is 0.690. The normalized spacial score (nSPS) is 14.7. The number of hydrogen-bond donors (Lipinski definition) is 0. The van der Waals surface area contributed by atoms with Crippen molar-refractivity contribution in [1.82, 2.24) is 4.90 Å². The molecule has 106 valence electrons. The van der Waals surface area contributed by atoms with Crippen LogP contribution in [0.1, 0.15) is 23.6 Å². The Morgan fingerprint density at radius 3 is 2.70 bits per heavy atom. The molecule has 0 atom stereocenters. The van der Waals surface area contributed by atoms with Crippen LogP contribution in [0.2, 0.25) is 0 Å². The van der Waals surface area contributed by atoms with Crippen molar-refractivity contribution in [2.24, 2.45) is 0 Å². The van der Waals surface area contributed by atoms with Crippen molar-refractivity contribution in [3.63, 3.8) is 0 Å². The summed E-state index contributed by atoms with van der Waals surface area (Å²) in [4.78, 5) is 13.1. The van der Waals surface area contributed by atoms with Gasteiger partial charge in [0.25, 0.3) is 0 Å². The van der Waals surface area contributed by atoms with Gasteiger partial charge in [-0.3, -0.25) is 4.79 Å². The van der Waals surface area contributed by atoms with Gasteiger partial charge in [-0.15, -0.1) is 0 Å². The quantitative estimate of drug-likeness (QED) is 0.591. The summed E-state index contributed by atoms with van der Waals surface area (Å²) in [6.45, 7) is 1.84. The van der Waals surface area contributed by atoms with E-state index in [1.807, 2.05) is 0 Å². The maximum Gasteiger partial charge on any atom is 0.416 e. The lowest BCUT2D eigenvalue weighted by Crippen LogP contribution is -2.35. The van der Waals surface area contributed by atoms with Crippen molar-refractivity contribution in [2.45, 2.75) is 31.0 Å². The zero-order valence-electron chi connectivity index (χ0n) is 10.6. The number of amides is 1. The molecule has 0 saturated heterocycles. The van der Waals surface area contributed by atoms with Gasteiger partial charge in [-0.25, -0.2) is 0 Å². The van der Waals surface area contributed by atoms with Gasteiger partial charge in [-0.2, -0.15) is 18.4 Å². The second kappa shape index (κ2) is 5.37. The number of nitriles is 1. The molecule has 1 amide bonds. The maximum absolute atomic E-state index is 13.1. The smallest absolute Gasteiger partial charge is 0.338 e. The number of carbonyl (C=O) groups is 1. The predicted octanol–water partition coefficient (Wildman–Crippen LogP) is 3.18. The molecule has 1 aromatic carbocycles. The number of thioether (sulfide) groups is 1. The van der Waals surface area contributed by atoms with Crippen LogP contribution in [0.3, 0.4) is 0 Å². The molecule has 0 saturated carbocycles. The van der Waals surface area contributed by atoms with E-state index in [0.717, 1.165) is 6.07 Å². The first-order valence-corrected chi connectivity index (χ1v) is 6.69. The highest BCUT2D eigenvalue weighted by molar-refractivity contribution is 8.03. The monoisotopic (exact) mass is 300 g/mol. The average molecular weight is 300 g/mol. The molecule has 0 aromatic heterocycles. The van der Waals surface area contributed by atoms with Gasteiger partial charge < -0.3 is 4.90 Å². The van der Waals surface area contributed by atoms with Crippen LogP contribution < -0.4 is 0 Å². The van der Waals surface area contributed by atoms with Gasteiger partial charge in [0, 0.05) is 24.9 Å². The minimum Gasteiger partial charge on any atom is -0.338 e. The van der Waals surface area contributed by atoms with E-state index in [1.165, 1.54) is 11.8 Å². The molecule has 0 bridgehead atoms. The Morgan fingerprint density at radius 1 is 1.45 bits per heavy atom. The molecule has 3 nitrogen and oxygen atoms in total. The van der Waals surface area contributed by atoms with Gasteiger partial charge in [-0.05, 0) is 41.4 Å². The molecule has 0 spiro atoms. The number of halogens is 3. The number of hydrogen-bond acceptors (Lipinski definition) is 3. The minimum atomic E-state index is -4.45. The predicted molar refractivity (Wildman–Crippen MR) is 67.7 cm³/mol. The molecule has 0 unspecified atom stereocenters. The van der Waals surface area contributed by atoms with Crippen molar-refractivity contribution in [2.75, 3.05) is 6.54 Å². The Morgan fingerprint density at radius 2 is 2.15 bits per heavy atom. The molecular weight excluding hydrogens is 289 g/mol. The van der Waals surface area contributed by atoms with Crippen LogP contribution in [0.5, 0.6) is 0 Å². The second-order valence-electron chi connectivity index (χ2n) is 4.49. The lowest BCUT2D eigenvalue weighted by Gasteiger charge is -2.30. The molecule has 1 aromatic rings. The van der Waals surface area contributed by atoms with Crippen LogP contribution in [0.15, 0.2) is 17.0 Å². The summed E-state index contributed by atoms with van der Waals surface area (Å²) < 4.78 is 39.2. The van der Waals surface area contributed by atoms with E-state index >= 15 is 0 Å². The van der Waals surface area contributed by atoms with E-state index in [1.54, 1.807) is 11.5 Å². The first kappa shape index (κ1) is 14.7. The summed E-state index contributed by atoms with van der Waals surface area (Å²) in [6.07, 6.45) is -4.27. The standard InChI is InChI=1S/C13H11F3N2OS/c1-8(19)18-3-2-11-9(6-18)4-10(20-7-17)5-12(11)13(14,15)16/h4-5H,2-3,6H2,1H3. The number of rotatable bonds is 1. The van der Waals surface area contributed by atoms with Gasteiger partial charge in [0.15, 0.2) is 0 Å². The number of thiocyanates is 1. The highest BCUT2D eigenvalue weighted by atomic mass is 32.2. The van der Waals surface area contributed by atoms with E-state index < -0.39 is 11.7 Å². The minimum absolute atomic E-state index is 0.160. The lowest BCUT2D eigenvalue weighted by molar-refractivity contribution is -0.138. The van der Waals surface area contributed by atoms with Crippen LogP contribution in [0.4, 0.5) is 13.2 Å². The van der Waals surface area contributed by atoms with Gasteiger partial charge in [0.05, 0.1) is 5.56 Å². The van der Waals surface area contributed by atoms with E-state index in [2.05, 4.69) is 0 Å². The molecule has 0 aliphatic carbocycles. The summed E-state index contributed by atoms with van der Waals surface area (Å²) in [7, 11) is 0. The van der Waals surface area contributed by atoms with Crippen molar-refractivity contribution < 1.29 is 18.0 Å². The highest BCUT2D eigenvalue weighted by Crippen LogP contribution is 2.38. The van der Waals surface area contributed by atoms with Gasteiger partial charge >= 0.3 is 6.18 Å². The molecule has 2 rings (SSSR count). The van der Waals surface area contributed by atoms with Crippen LogP contribution in [-0.4, -0.2) is 17.4 Å². The molecule has 1 heterocycles. The molecule has 0 radical (unpaired) electrons. The van der Waals surface area contributed by atoms with Crippen molar-refractivity contribution in [3.05, 3.63) is 28.8 Å². The third-order valence-corrected chi connectivity index (χ3v) is 3.79. The van der Waals surface area contributed by atoms with E-state index in [9.17, 15) is 18.0 Å². The van der Waals surface area contributed by atoms with Crippen LogP contribution >= 0.6 is 11.8 Å². The lowest BCUT2D eigenvalue weighted by atomic mass is 9.94. The molecule has 1 aliphatic heterocycles. The Labute approximate surface area is 118 Å². The highest BCUT2D eigenvalue weighted by Gasteiger charge is 2.36. The Bertz CT molecular complexity index is 593. The number of fused-ring (bicyclic) bond motifs is 1. The number of carbonyl (C=O) groups excluding carboxylic acids is 1. The topological polar surface area (TPSA) is 44.1 Å². The summed E-state index contributed by atoms with van der Waals surface area (Å²) in [5, 5.41) is 10.4. The van der Waals surface area contributed by atoms with E-state index in [-0.39, 0.29) is 35.9 Å². The Kier molecular flexibility index (Phi) is 3.95. The van der Waals surface area contributed by atoms with Crippen molar-refractivity contribution in [1.29, 1.82) is 5.26 Å². The second-order valence-corrected chi connectivity index (χ2v) is 5.35. The molecular formula is C13H11F3N2OS. The maximum atomic E-state index is 13.1. The number of alkyl halides is 3. The van der Waals surface area contributed by atoms with Crippen LogP contribution in [0.25, 0.3) is 0 Å². The largest absolute Gasteiger partial charge is 0.416 e. The zero-order valence-corrected chi connectivity index (χ0v) is 11.4. The fraction of sp³-hybridized carbons (Fsp3) is 0.385. The summed E-state index contributed by atoms with van der Waals surface area (Å²) in [6, 6.07) is 2.57. The fourth-order valence-corrected chi connectivity index (χ4v) is 2.79. The first-order chi connectivity index (χ1) is 9.32. The van der Waals surface area contributed by atoms with Gasteiger partial charge in [0.1, 0.15) is 5.40 Å². The molecule has 20 heavy (non-hydrogen) atoms. The molecule has 1 aliphatic rings. The average Bonchev–Trinajstić information content (AvgIpc) is 2.36. The van der Waals surface area contributed by atoms with Crippen molar-refractivity contribution in [3.8, 4) is 5.40 Å². The fourth-order valence-electron chi connectivity index (χ4n) is 2.30. The van der Waals surface area contributed by atoms with Gasteiger partial charge in [-0.1, -0.05) is 0 Å². The van der Waals surface area contributed by atoms with E-state index in [0.29, 0.717) is 17.3 Å². The van der Waals surface area contributed by atoms with Crippen molar-refractivity contribution >= 4 is 17.7 Å². The van der Waals surface area contributed by atoms with E-state index in [4.69, 9.17) is 5.26 Å². The zero-order chi connectivity index (χ0) is 14.9. The third-order valence-electron chi connectivity index (χ3n) is 3.22.